The molecule has 4 heteroatoms. The maximum absolute atomic E-state index is 11.7. The van der Waals surface area contributed by atoms with E-state index in [1.807, 2.05) is 43.0 Å². The number of likely N-dealkylation sites (N-methyl/N-ethyl adjacent to an activating group) is 1. The zero-order chi connectivity index (χ0) is 12.0. The van der Waals surface area contributed by atoms with Crippen LogP contribution < -0.4 is 5.32 Å². The molecular formula is C12H17BrN2O. The monoisotopic (exact) mass is 284 g/mol. The molecule has 0 spiro atoms. The second-order valence-electron chi connectivity index (χ2n) is 3.40. The van der Waals surface area contributed by atoms with Crippen molar-refractivity contribution < 1.29 is 4.79 Å². The van der Waals surface area contributed by atoms with Crippen LogP contribution in [0.5, 0.6) is 0 Å². The average Bonchev–Trinajstić information content (AvgIpc) is 2.29. The Kier molecular flexibility index (Phi) is 5.32. The van der Waals surface area contributed by atoms with Crippen molar-refractivity contribution in [2.75, 3.05) is 25.0 Å². The maximum Gasteiger partial charge on any atom is 0.241 e. The molecule has 88 valence electrons. The second-order valence-corrected chi connectivity index (χ2v) is 4.25. The van der Waals surface area contributed by atoms with Crippen molar-refractivity contribution in [3.63, 3.8) is 0 Å². The molecule has 0 aliphatic rings. The molecule has 0 unspecified atom stereocenters. The summed E-state index contributed by atoms with van der Waals surface area (Å²) in [7, 11) is 0. The van der Waals surface area contributed by atoms with E-state index < -0.39 is 0 Å². The van der Waals surface area contributed by atoms with Crippen molar-refractivity contribution in [3.8, 4) is 0 Å². The van der Waals surface area contributed by atoms with E-state index in [4.69, 9.17) is 0 Å². The first kappa shape index (κ1) is 13.0. The fraction of sp³-hybridized carbons (Fsp3) is 0.417. The molecule has 0 atom stereocenters. The molecule has 0 aliphatic heterocycles. The largest absolute Gasteiger partial charge is 0.375 e. The van der Waals surface area contributed by atoms with E-state index in [2.05, 4.69) is 21.2 Å². The number of hydrogen-bond acceptors (Lipinski definition) is 2. The highest BCUT2D eigenvalue weighted by Gasteiger charge is 2.09. The van der Waals surface area contributed by atoms with Gasteiger partial charge in [0.05, 0.1) is 6.54 Å². The van der Waals surface area contributed by atoms with Gasteiger partial charge in [-0.15, -0.1) is 0 Å². The summed E-state index contributed by atoms with van der Waals surface area (Å²) in [6.07, 6.45) is 0. The molecule has 16 heavy (non-hydrogen) atoms. The molecule has 0 saturated carbocycles. The fourth-order valence-electron chi connectivity index (χ4n) is 1.46. The van der Waals surface area contributed by atoms with Gasteiger partial charge < -0.3 is 10.2 Å². The van der Waals surface area contributed by atoms with E-state index in [0.29, 0.717) is 6.54 Å². The van der Waals surface area contributed by atoms with Crippen molar-refractivity contribution in [3.05, 3.63) is 28.7 Å². The van der Waals surface area contributed by atoms with Crippen LogP contribution in [0.4, 0.5) is 5.69 Å². The number of benzene rings is 1. The van der Waals surface area contributed by atoms with Gasteiger partial charge in [-0.05, 0) is 41.9 Å². The van der Waals surface area contributed by atoms with Crippen LogP contribution >= 0.6 is 15.9 Å². The molecule has 0 radical (unpaired) electrons. The van der Waals surface area contributed by atoms with E-state index in [1.54, 1.807) is 0 Å². The average molecular weight is 285 g/mol. The third-order valence-corrected chi connectivity index (χ3v) is 3.11. The second kappa shape index (κ2) is 6.53. The summed E-state index contributed by atoms with van der Waals surface area (Å²) in [6.45, 7) is 5.82. The number of amides is 1. The summed E-state index contributed by atoms with van der Waals surface area (Å²) >= 11 is 3.43. The van der Waals surface area contributed by atoms with Gasteiger partial charge in [0.2, 0.25) is 5.91 Å². The Labute approximate surface area is 105 Å². The smallest absolute Gasteiger partial charge is 0.241 e. The van der Waals surface area contributed by atoms with Crippen LogP contribution in [0.15, 0.2) is 28.7 Å². The molecule has 1 aromatic carbocycles. The van der Waals surface area contributed by atoms with E-state index in [9.17, 15) is 4.79 Å². The van der Waals surface area contributed by atoms with Crippen LogP contribution in [0.25, 0.3) is 0 Å². The Morgan fingerprint density at radius 3 is 2.50 bits per heavy atom. The molecule has 0 aliphatic carbocycles. The lowest BCUT2D eigenvalue weighted by molar-refractivity contribution is -0.128. The van der Waals surface area contributed by atoms with E-state index in [1.165, 1.54) is 0 Å². The zero-order valence-corrected chi connectivity index (χ0v) is 11.3. The number of anilines is 1. The molecule has 0 fully saturated rings. The Morgan fingerprint density at radius 1 is 1.31 bits per heavy atom. The molecule has 1 N–H and O–H groups in total. The van der Waals surface area contributed by atoms with Crippen LogP contribution in [-0.4, -0.2) is 30.4 Å². The molecule has 1 aromatic rings. The highest BCUT2D eigenvalue weighted by molar-refractivity contribution is 9.10. The normalized spacial score (nSPS) is 9.94. The SMILES string of the molecule is CCN(CC)C(=O)CNc1ccccc1Br. The predicted molar refractivity (Wildman–Crippen MR) is 70.6 cm³/mol. The van der Waals surface area contributed by atoms with Crippen LogP contribution in [0, 0.1) is 0 Å². The number of carbonyl (C=O) groups excluding carboxylic acids is 1. The lowest BCUT2D eigenvalue weighted by atomic mass is 10.3. The highest BCUT2D eigenvalue weighted by atomic mass is 79.9. The number of para-hydroxylation sites is 1. The molecule has 3 nitrogen and oxygen atoms in total. The van der Waals surface area contributed by atoms with E-state index >= 15 is 0 Å². The number of nitrogens with one attached hydrogen (secondary N) is 1. The topological polar surface area (TPSA) is 32.3 Å². The van der Waals surface area contributed by atoms with Gasteiger partial charge in [-0.1, -0.05) is 12.1 Å². The van der Waals surface area contributed by atoms with Gasteiger partial charge in [-0.25, -0.2) is 0 Å². The summed E-state index contributed by atoms with van der Waals surface area (Å²) in [4.78, 5) is 13.5. The number of rotatable bonds is 5. The predicted octanol–water partition coefficient (Wildman–Crippen LogP) is 2.73. The van der Waals surface area contributed by atoms with Crippen molar-refractivity contribution in [1.82, 2.24) is 4.90 Å². The van der Waals surface area contributed by atoms with Crippen molar-refractivity contribution in [1.29, 1.82) is 0 Å². The lowest BCUT2D eigenvalue weighted by Crippen LogP contribution is -2.35. The Bertz CT molecular complexity index is 351. The summed E-state index contributed by atoms with van der Waals surface area (Å²) in [6, 6.07) is 7.78. The highest BCUT2D eigenvalue weighted by Crippen LogP contribution is 2.20. The first-order valence-electron chi connectivity index (χ1n) is 5.45. The minimum atomic E-state index is 0.126. The van der Waals surface area contributed by atoms with Gasteiger partial charge in [-0.3, -0.25) is 4.79 Å². The summed E-state index contributed by atoms with van der Waals surface area (Å²) in [5, 5.41) is 3.12. The van der Waals surface area contributed by atoms with Crippen LogP contribution in [0.1, 0.15) is 13.8 Å². The standard InChI is InChI=1S/C12H17BrN2O/c1-3-15(4-2)12(16)9-14-11-8-6-5-7-10(11)13/h5-8,14H,3-4,9H2,1-2H3. The van der Waals surface area contributed by atoms with Crippen LogP contribution in [0.3, 0.4) is 0 Å². The van der Waals surface area contributed by atoms with E-state index in [-0.39, 0.29) is 5.91 Å². The molecular weight excluding hydrogens is 268 g/mol. The minimum Gasteiger partial charge on any atom is -0.375 e. The molecule has 0 bridgehead atoms. The van der Waals surface area contributed by atoms with Gasteiger partial charge in [-0.2, -0.15) is 0 Å². The summed E-state index contributed by atoms with van der Waals surface area (Å²) in [5.41, 5.74) is 0.947. The summed E-state index contributed by atoms with van der Waals surface area (Å²) in [5.74, 6) is 0.126. The van der Waals surface area contributed by atoms with Gasteiger partial charge in [0.15, 0.2) is 0 Å². The van der Waals surface area contributed by atoms with Crippen molar-refractivity contribution in [2.24, 2.45) is 0 Å². The van der Waals surface area contributed by atoms with Crippen molar-refractivity contribution >= 4 is 27.5 Å². The number of carbonyl (C=O) groups is 1. The third-order valence-electron chi connectivity index (χ3n) is 2.42. The van der Waals surface area contributed by atoms with E-state index in [0.717, 1.165) is 23.2 Å². The zero-order valence-electron chi connectivity index (χ0n) is 9.66. The maximum atomic E-state index is 11.7. The first-order chi connectivity index (χ1) is 7.69. The third kappa shape index (κ3) is 3.52. The van der Waals surface area contributed by atoms with Crippen LogP contribution in [-0.2, 0) is 4.79 Å². The first-order valence-corrected chi connectivity index (χ1v) is 6.24. The van der Waals surface area contributed by atoms with Crippen LogP contribution in [0.2, 0.25) is 0 Å². The molecule has 0 aromatic heterocycles. The van der Waals surface area contributed by atoms with Gasteiger partial charge in [0.1, 0.15) is 0 Å². The number of halogens is 1. The minimum absolute atomic E-state index is 0.126. The van der Waals surface area contributed by atoms with Gasteiger partial charge in [0, 0.05) is 23.2 Å². The molecule has 0 heterocycles. The summed E-state index contributed by atoms with van der Waals surface area (Å²) < 4.78 is 0.974. The molecule has 0 saturated heterocycles. The molecule has 1 amide bonds. The Hall–Kier alpha value is -1.03. The Morgan fingerprint density at radius 2 is 1.94 bits per heavy atom. The van der Waals surface area contributed by atoms with Gasteiger partial charge in [0.25, 0.3) is 0 Å². The fourth-order valence-corrected chi connectivity index (χ4v) is 1.89. The van der Waals surface area contributed by atoms with Gasteiger partial charge >= 0.3 is 0 Å². The van der Waals surface area contributed by atoms with Crippen molar-refractivity contribution in [2.45, 2.75) is 13.8 Å². The quantitative estimate of drug-likeness (QED) is 0.902. The lowest BCUT2D eigenvalue weighted by Gasteiger charge is -2.19. The number of nitrogens with zero attached hydrogens (tertiary/aromatic N) is 1. The Balaban J connectivity index is 2.52. The molecule has 1 rings (SSSR count). The number of hydrogen-bond donors (Lipinski definition) is 1.